The molecule has 0 amide bonds. The number of rotatable bonds is 8. The lowest BCUT2D eigenvalue weighted by atomic mass is 10.1. The molecule has 1 rings (SSSR count). The normalized spacial score (nSPS) is 10.9. The highest BCUT2D eigenvalue weighted by Crippen LogP contribution is 2.24. The molecular weight excluding hydrogens is 318 g/mol. The van der Waals surface area contributed by atoms with E-state index in [1.54, 1.807) is 7.05 Å². The van der Waals surface area contributed by atoms with Crippen molar-refractivity contribution in [3.8, 4) is 0 Å². The van der Waals surface area contributed by atoms with Gasteiger partial charge in [0.25, 0.3) is 11.4 Å². The molecule has 0 aromatic heterocycles. The molecule has 0 bridgehead atoms. The first kappa shape index (κ1) is 20.2. The maximum atomic E-state index is 10.8. The Hall–Kier alpha value is -1.81. The van der Waals surface area contributed by atoms with Crippen molar-refractivity contribution in [3.05, 3.63) is 44.0 Å². The Balaban J connectivity index is 0.00000441. The monoisotopic (exact) mass is 335 g/mol. The predicted molar refractivity (Wildman–Crippen MR) is 73.5 cm³/mol. The molecule has 0 saturated heterocycles. The van der Waals surface area contributed by atoms with Crippen LogP contribution in [0.5, 0.6) is 0 Å². The van der Waals surface area contributed by atoms with Crippen LogP contribution < -0.4 is 12.4 Å². The molecule has 0 heterocycles. The number of halogens is 1. The van der Waals surface area contributed by atoms with Crippen LogP contribution in [-0.2, 0) is 6.54 Å². The number of aliphatic hydroxyl groups excluding tert-OH is 2. The smallest absolute Gasteiger partial charge is 0.276 e. The maximum absolute atomic E-state index is 10.8. The minimum atomic E-state index is -0.682. The van der Waals surface area contributed by atoms with Crippen LogP contribution in [0.1, 0.15) is 5.56 Å². The Labute approximate surface area is 133 Å². The molecule has 0 spiro atoms. The van der Waals surface area contributed by atoms with Gasteiger partial charge < -0.3 is 27.1 Å². The highest BCUT2D eigenvalue weighted by molar-refractivity contribution is 5.46. The van der Waals surface area contributed by atoms with Crippen molar-refractivity contribution in [2.24, 2.45) is 0 Å². The van der Waals surface area contributed by atoms with E-state index in [-0.39, 0.29) is 48.0 Å². The molecular formula is C12H18ClN3O6. The standard InChI is InChI=1S/C12H18N3O6.ClH/c1-15(2-4-16,3-5-17)9-10-6-11(13(18)19)8-12(7-10)14(20)21;/h6-8,16-17H,2-5,9H2,1H3;1H/q+1;/p-1. The predicted octanol–water partition coefficient (Wildman–Crippen LogP) is -2.56. The van der Waals surface area contributed by atoms with Crippen molar-refractivity contribution < 1.29 is 36.9 Å². The molecule has 0 aliphatic heterocycles. The third kappa shape index (κ3) is 5.53. The maximum Gasteiger partial charge on any atom is 0.276 e. The van der Waals surface area contributed by atoms with Gasteiger partial charge >= 0.3 is 0 Å². The van der Waals surface area contributed by atoms with Crippen LogP contribution in [-0.4, -0.2) is 57.9 Å². The van der Waals surface area contributed by atoms with Crippen molar-refractivity contribution in [2.45, 2.75) is 6.54 Å². The SMILES string of the molecule is C[N+](CCO)(CCO)Cc1cc([N+](=O)[O-])cc([N+](=O)[O-])c1.[Cl-]. The van der Waals surface area contributed by atoms with Gasteiger partial charge in [-0.15, -0.1) is 0 Å². The van der Waals surface area contributed by atoms with Crippen LogP contribution in [0.15, 0.2) is 18.2 Å². The summed E-state index contributed by atoms with van der Waals surface area (Å²) in [5.74, 6) is 0. The molecule has 1 aromatic carbocycles. The van der Waals surface area contributed by atoms with E-state index >= 15 is 0 Å². The number of nitro groups is 2. The molecule has 2 N–H and O–H groups in total. The fourth-order valence-electron chi connectivity index (χ4n) is 2.15. The molecule has 22 heavy (non-hydrogen) atoms. The lowest BCUT2D eigenvalue weighted by Crippen LogP contribution is -3.00. The summed E-state index contributed by atoms with van der Waals surface area (Å²) < 4.78 is 0.228. The fraction of sp³-hybridized carbons (Fsp3) is 0.500. The summed E-state index contributed by atoms with van der Waals surface area (Å²) in [7, 11) is 1.76. The molecule has 0 saturated carbocycles. The van der Waals surface area contributed by atoms with Crippen LogP contribution >= 0.6 is 0 Å². The molecule has 124 valence electrons. The first-order chi connectivity index (χ1) is 9.81. The zero-order valence-corrected chi connectivity index (χ0v) is 12.8. The van der Waals surface area contributed by atoms with E-state index < -0.39 is 9.85 Å². The molecule has 0 aliphatic rings. The Kier molecular flexibility index (Phi) is 7.88. The number of hydrogen-bond acceptors (Lipinski definition) is 6. The number of non-ortho nitro benzene ring substituents is 2. The number of quaternary nitrogens is 1. The van der Waals surface area contributed by atoms with E-state index in [0.717, 1.165) is 6.07 Å². The molecule has 0 unspecified atom stereocenters. The Bertz CT molecular complexity index is 501. The minimum absolute atomic E-state index is 0. The first-order valence-electron chi connectivity index (χ1n) is 6.29. The summed E-state index contributed by atoms with van der Waals surface area (Å²) >= 11 is 0. The third-order valence-electron chi connectivity index (χ3n) is 3.23. The highest BCUT2D eigenvalue weighted by Gasteiger charge is 2.24. The van der Waals surface area contributed by atoms with Crippen molar-refractivity contribution in [1.29, 1.82) is 0 Å². The van der Waals surface area contributed by atoms with Gasteiger partial charge in [-0.05, 0) is 0 Å². The molecule has 0 fully saturated rings. The van der Waals surface area contributed by atoms with Gasteiger partial charge in [0.1, 0.15) is 19.6 Å². The van der Waals surface area contributed by atoms with E-state index in [4.69, 9.17) is 10.2 Å². The molecule has 0 radical (unpaired) electrons. The zero-order valence-electron chi connectivity index (χ0n) is 12.0. The summed E-state index contributed by atoms with van der Waals surface area (Å²) in [6.45, 7) is 0.665. The molecule has 1 aromatic rings. The van der Waals surface area contributed by atoms with Gasteiger partial charge in [0.05, 0.1) is 36.2 Å². The summed E-state index contributed by atoms with van der Waals surface area (Å²) in [6, 6.07) is 3.46. The Morgan fingerprint density at radius 1 is 1.00 bits per heavy atom. The average Bonchev–Trinajstić information content (AvgIpc) is 2.38. The number of hydrogen-bond donors (Lipinski definition) is 2. The summed E-state index contributed by atoms with van der Waals surface area (Å²) in [6.07, 6.45) is 0. The van der Waals surface area contributed by atoms with E-state index in [1.165, 1.54) is 12.1 Å². The Morgan fingerprint density at radius 2 is 1.41 bits per heavy atom. The van der Waals surface area contributed by atoms with Crippen molar-refractivity contribution >= 4 is 11.4 Å². The van der Waals surface area contributed by atoms with Crippen LogP contribution in [0, 0.1) is 20.2 Å². The van der Waals surface area contributed by atoms with Crippen molar-refractivity contribution in [1.82, 2.24) is 0 Å². The molecule has 0 aliphatic carbocycles. The van der Waals surface area contributed by atoms with E-state index in [0.29, 0.717) is 18.7 Å². The van der Waals surface area contributed by atoms with Crippen molar-refractivity contribution in [2.75, 3.05) is 33.4 Å². The van der Waals surface area contributed by atoms with E-state index in [2.05, 4.69) is 0 Å². The lowest BCUT2D eigenvalue weighted by molar-refractivity contribution is -0.923. The van der Waals surface area contributed by atoms with E-state index in [1.807, 2.05) is 0 Å². The second-order valence-corrected chi connectivity index (χ2v) is 5.04. The summed E-state index contributed by atoms with van der Waals surface area (Å²) in [4.78, 5) is 20.3. The van der Waals surface area contributed by atoms with E-state index in [9.17, 15) is 20.2 Å². The van der Waals surface area contributed by atoms with Crippen LogP contribution in [0.2, 0.25) is 0 Å². The lowest BCUT2D eigenvalue weighted by Gasteiger charge is -2.33. The fourth-order valence-corrected chi connectivity index (χ4v) is 2.15. The molecule has 9 nitrogen and oxygen atoms in total. The topological polar surface area (TPSA) is 127 Å². The van der Waals surface area contributed by atoms with Gasteiger partial charge in [0, 0.05) is 17.7 Å². The summed E-state index contributed by atoms with van der Waals surface area (Å²) in [5, 5.41) is 39.8. The van der Waals surface area contributed by atoms with Gasteiger partial charge in [-0.2, -0.15) is 0 Å². The third-order valence-corrected chi connectivity index (χ3v) is 3.23. The van der Waals surface area contributed by atoms with Crippen LogP contribution in [0.4, 0.5) is 11.4 Å². The van der Waals surface area contributed by atoms with Crippen LogP contribution in [0.25, 0.3) is 0 Å². The first-order valence-corrected chi connectivity index (χ1v) is 6.29. The van der Waals surface area contributed by atoms with Crippen LogP contribution in [0.3, 0.4) is 0 Å². The van der Waals surface area contributed by atoms with Crippen molar-refractivity contribution in [3.63, 3.8) is 0 Å². The van der Waals surface area contributed by atoms with Gasteiger partial charge in [-0.25, -0.2) is 0 Å². The quantitative estimate of drug-likeness (QED) is 0.305. The minimum Gasteiger partial charge on any atom is -1.00 e. The second kappa shape index (κ2) is 8.59. The summed E-state index contributed by atoms with van der Waals surface area (Å²) in [5.41, 5.74) is -0.280. The Morgan fingerprint density at radius 3 is 1.73 bits per heavy atom. The average molecular weight is 336 g/mol. The number of benzene rings is 1. The largest absolute Gasteiger partial charge is 1.00 e. The zero-order chi connectivity index (χ0) is 16.0. The molecule has 10 heteroatoms. The molecule has 0 atom stereocenters. The van der Waals surface area contributed by atoms with Gasteiger partial charge in [0.2, 0.25) is 0 Å². The van der Waals surface area contributed by atoms with Gasteiger partial charge in [0.15, 0.2) is 0 Å². The number of nitro benzene ring substituents is 2. The van der Waals surface area contributed by atoms with Gasteiger partial charge in [-0.3, -0.25) is 20.2 Å². The number of nitrogens with zero attached hydrogens (tertiary/aromatic N) is 3. The highest BCUT2D eigenvalue weighted by atomic mass is 35.5. The second-order valence-electron chi connectivity index (χ2n) is 5.04. The number of likely N-dealkylation sites (N-methyl/N-ethyl adjacent to an activating group) is 1. The number of aliphatic hydroxyl groups is 2. The van der Waals surface area contributed by atoms with Gasteiger partial charge in [-0.1, -0.05) is 0 Å².